The van der Waals surface area contributed by atoms with Crippen molar-refractivity contribution >= 4 is 23.2 Å². The van der Waals surface area contributed by atoms with E-state index >= 15 is 0 Å². The number of benzene rings is 2. The lowest BCUT2D eigenvalue weighted by Gasteiger charge is -2.19. The van der Waals surface area contributed by atoms with E-state index in [2.05, 4.69) is 48.4 Å². The Labute approximate surface area is 145 Å². The summed E-state index contributed by atoms with van der Waals surface area (Å²) in [6.07, 6.45) is 0. The molecule has 0 spiro atoms. The van der Waals surface area contributed by atoms with Crippen LogP contribution in [0.25, 0.3) is 17.1 Å². The Balaban J connectivity index is 2.06. The molecule has 0 saturated carbocycles. The lowest BCUT2D eigenvalue weighted by molar-refractivity contribution is 0.590. The van der Waals surface area contributed by atoms with E-state index in [1.807, 2.05) is 12.1 Å². The first kappa shape index (κ1) is 16.0. The molecule has 3 aromatic rings. The van der Waals surface area contributed by atoms with Gasteiger partial charge in [-0.3, -0.25) is 0 Å². The number of halogens is 2. The molecule has 0 aliphatic carbocycles. The zero-order valence-electron chi connectivity index (χ0n) is 13.1. The zero-order chi connectivity index (χ0) is 16.6. The van der Waals surface area contributed by atoms with E-state index in [-0.39, 0.29) is 5.41 Å². The van der Waals surface area contributed by atoms with Gasteiger partial charge < -0.3 is 0 Å². The van der Waals surface area contributed by atoms with Gasteiger partial charge in [0.15, 0.2) is 5.82 Å². The van der Waals surface area contributed by atoms with Gasteiger partial charge in [-0.2, -0.15) is 4.68 Å². The fourth-order valence-electron chi connectivity index (χ4n) is 2.30. The Kier molecular flexibility index (Phi) is 4.13. The van der Waals surface area contributed by atoms with Crippen molar-refractivity contribution in [2.24, 2.45) is 0 Å². The molecule has 0 radical (unpaired) electrons. The van der Waals surface area contributed by atoms with Crippen molar-refractivity contribution in [2.75, 3.05) is 0 Å². The molecule has 3 rings (SSSR count). The summed E-state index contributed by atoms with van der Waals surface area (Å²) in [5.74, 6) is 0.620. The van der Waals surface area contributed by atoms with E-state index in [0.717, 1.165) is 5.56 Å². The van der Waals surface area contributed by atoms with Crippen LogP contribution in [0.4, 0.5) is 0 Å². The van der Waals surface area contributed by atoms with Gasteiger partial charge in [0.2, 0.25) is 0 Å². The molecule has 0 bridgehead atoms. The minimum atomic E-state index is 0.0979. The third-order valence-corrected chi connectivity index (χ3v) is 4.17. The van der Waals surface area contributed by atoms with Gasteiger partial charge in [0, 0.05) is 10.6 Å². The maximum Gasteiger partial charge on any atom is 0.187 e. The number of aromatic nitrogens is 4. The molecular weight excluding hydrogens is 331 g/mol. The van der Waals surface area contributed by atoms with Crippen molar-refractivity contribution in [3.05, 3.63) is 58.1 Å². The van der Waals surface area contributed by atoms with Crippen LogP contribution < -0.4 is 0 Å². The summed E-state index contributed by atoms with van der Waals surface area (Å²) in [5.41, 5.74) is 2.92. The van der Waals surface area contributed by atoms with Gasteiger partial charge in [-0.25, -0.2) is 0 Å². The second kappa shape index (κ2) is 5.95. The molecular formula is C17H16Cl2N4. The van der Waals surface area contributed by atoms with E-state index in [0.29, 0.717) is 21.6 Å². The molecule has 1 aromatic heterocycles. The van der Waals surface area contributed by atoms with E-state index < -0.39 is 0 Å². The summed E-state index contributed by atoms with van der Waals surface area (Å²) in [5, 5.41) is 13.1. The maximum absolute atomic E-state index is 6.26. The van der Waals surface area contributed by atoms with Crippen molar-refractivity contribution in [1.82, 2.24) is 20.2 Å². The van der Waals surface area contributed by atoms with Crippen LogP contribution in [-0.2, 0) is 5.41 Å². The van der Waals surface area contributed by atoms with E-state index in [1.54, 1.807) is 22.9 Å². The minimum Gasteiger partial charge on any atom is -0.191 e. The number of hydrogen-bond acceptors (Lipinski definition) is 3. The summed E-state index contributed by atoms with van der Waals surface area (Å²) >= 11 is 12.3. The average molecular weight is 347 g/mol. The normalized spacial score (nSPS) is 11.7. The van der Waals surface area contributed by atoms with Crippen LogP contribution in [0.1, 0.15) is 26.3 Å². The smallest absolute Gasteiger partial charge is 0.187 e. The first-order valence-electron chi connectivity index (χ1n) is 7.21. The van der Waals surface area contributed by atoms with Gasteiger partial charge in [-0.15, -0.1) is 5.10 Å². The highest BCUT2D eigenvalue weighted by Gasteiger charge is 2.16. The molecule has 1 heterocycles. The van der Waals surface area contributed by atoms with Crippen molar-refractivity contribution in [3.8, 4) is 17.1 Å². The third kappa shape index (κ3) is 3.23. The predicted octanol–water partition coefficient (Wildman–Crippen LogP) is 4.93. The number of nitrogens with zero attached hydrogens (tertiary/aromatic N) is 4. The molecule has 0 fully saturated rings. The van der Waals surface area contributed by atoms with Gasteiger partial charge in [0.1, 0.15) is 0 Å². The van der Waals surface area contributed by atoms with Crippen LogP contribution in [0, 0.1) is 0 Å². The Bertz CT molecular complexity index is 833. The van der Waals surface area contributed by atoms with Crippen LogP contribution in [0.5, 0.6) is 0 Å². The summed E-state index contributed by atoms with van der Waals surface area (Å²) in [6.45, 7) is 6.54. The summed E-state index contributed by atoms with van der Waals surface area (Å²) in [4.78, 5) is 0. The Morgan fingerprint density at radius 3 is 2.30 bits per heavy atom. The Morgan fingerprint density at radius 2 is 1.65 bits per heavy atom. The van der Waals surface area contributed by atoms with Gasteiger partial charge in [-0.05, 0) is 39.6 Å². The van der Waals surface area contributed by atoms with Crippen LogP contribution in [0.3, 0.4) is 0 Å². The highest BCUT2D eigenvalue weighted by molar-refractivity contribution is 6.34. The molecule has 2 aromatic carbocycles. The Hall–Kier alpha value is -1.91. The van der Waals surface area contributed by atoms with Gasteiger partial charge in [0.25, 0.3) is 0 Å². The van der Waals surface area contributed by atoms with Crippen molar-refractivity contribution in [3.63, 3.8) is 0 Å². The largest absolute Gasteiger partial charge is 0.191 e. The molecule has 0 saturated heterocycles. The second-order valence-electron chi connectivity index (χ2n) is 6.34. The number of tetrazole rings is 1. The lowest BCUT2D eigenvalue weighted by atomic mass is 9.87. The molecule has 0 aliphatic rings. The quantitative estimate of drug-likeness (QED) is 0.660. The molecule has 23 heavy (non-hydrogen) atoms. The van der Waals surface area contributed by atoms with Crippen molar-refractivity contribution in [1.29, 1.82) is 0 Å². The highest BCUT2D eigenvalue weighted by Crippen LogP contribution is 2.29. The second-order valence-corrected chi connectivity index (χ2v) is 7.18. The van der Waals surface area contributed by atoms with Crippen LogP contribution >= 0.6 is 23.2 Å². The molecule has 0 unspecified atom stereocenters. The monoisotopic (exact) mass is 346 g/mol. The topological polar surface area (TPSA) is 43.6 Å². The first-order valence-corrected chi connectivity index (χ1v) is 7.96. The molecule has 0 atom stereocenters. The van der Waals surface area contributed by atoms with Gasteiger partial charge in [-0.1, -0.05) is 68.2 Å². The molecule has 0 N–H and O–H groups in total. The fourth-order valence-corrected chi connectivity index (χ4v) is 2.66. The SMILES string of the molecule is CC(C)(C)c1ccc(-c2nnnn2-c2cc(Cl)ccc2Cl)cc1. The van der Waals surface area contributed by atoms with Crippen LogP contribution in [-0.4, -0.2) is 20.2 Å². The minimum absolute atomic E-state index is 0.0979. The highest BCUT2D eigenvalue weighted by atomic mass is 35.5. The zero-order valence-corrected chi connectivity index (χ0v) is 14.6. The standard InChI is InChI=1S/C17H16Cl2N4/c1-17(2,3)12-6-4-11(5-7-12)16-20-21-22-23(16)15-10-13(18)8-9-14(15)19/h4-10H,1-3H3. The first-order chi connectivity index (χ1) is 10.9. The Morgan fingerprint density at radius 1 is 0.957 bits per heavy atom. The molecule has 0 amide bonds. The maximum atomic E-state index is 6.26. The summed E-state index contributed by atoms with van der Waals surface area (Å²) in [7, 11) is 0. The lowest BCUT2D eigenvalue weighted by Crippen LogP contribution is -2.10. The number of rotatable bonds is 2. The van der Waals surface area contributed by atoms with Crippen LogP contribution in [0.2, 0.25) is 10.0 Å². The van der Waals surface area contributed by atoms with Crippen molar-refractivity contribution in [2.45, 2.75) is 26.2 Å². The van der Waals surface area contributed by atoms with E-state index in [4.69, 9.17) is 23.2 Å². The van der Waals surface area contributed by atoms with E-state index in [1.165, 1.54) is 5.56 Å². The summed E-state index contributed by atoms with van der Waals surface area (Å²) in [6, 6.07) is 13.4. The van der Waals surface area contributed by atoms with Gasteiger partial charge in [0.05, 0.1) is 10.7 Å². The van der Waals surface area contributed by atoms with Crippen LogP contribution in [0.15, 0.2) is 42.5 Å². The molecule has 4 nitrogen and oxygen atoms in total. The number of hydrogen-bond donors (Lipinski definition) is 0. The fraction of sp³-hybridized carbons (Fsp3) is 0.235. The van der Waals surface area contributed by atoms with E-state index in [9.17, 15) is 0 Å². The average Bonchev–Trinajstić information content (AvgIpc) is 2.98. The third-order valence-electron chi connectivity index (χ3n) is 3.62. The summed E-state index contributed by atoms with van der Waals surface area (Å²) < 4.78 is 1.60. The van der Waals surface area contributed by atoms with Crippen molar-refractivity contribution < 1.29 is 0 Å². The van der Waals surface area contributed by atoms with Gasteiger partial charge >= 0.3 is 0 Å². The molecule has 0 aliphatic heterocycles. The molecule has 118 valence electrons. The molecule has 6 heteroatoms. The predicted molar refractivity (Wildman–Crippen MR) is 93.3 cm³/mol.